The molecule has 0 unspecified atom stereocenters. The van der Waals surface area contributed by atoms with E-state index in [9.17, 15) is 4.79 Å². The minimum atomic E-state index is -0.0885. The van der Waals surface area contributed by atoms with Crippen LogP contribution in [0.1, 0.15) is 66.5 Å². The highest BCUT2D eigenvalue weighted by Gasteiger charge is 2.27. The predicted octanol–water partition coefficient (Wildman–Crippen LogP) is 3.07. The van der Waals surface area contributed by atoms with E-state index < -0.39 is 0 Å². The zero-order chi connectivity index (χ0) is 15.4. The van der Waals surface area contributed by atoms with Crippen molar-refractivity contribution in [2.75, 3.05) is 13.7 Å². The smallest absolute Gasteiger partial charge is 0.271 e. The van der Waals surface area contributed by atoms with Crippen LogP contribution >= 0.6 is 11.3 Å². The Labute approximate surface area is 135 Å². The quantitative estimate of drug-likeness (QED) is 0.865. The summed E-state index contributed by atoms with van der Waals surface area (Å²) in [5.41, 5.74) is 0.509. The van der Waals surface area contributed by atoms with Crippen molar-refractivity contribution >= 4 is 17.2 Å². The molecule has 122 valence electrons. The Morgan fingerprint density at radius 3 is 2.95 bits per heavy atom. The highest BCUT2D eigenvalue weighted by atomic mass is 32.1. The third kappa shape index (κ3) is 3.67. The molecule has 1 aromatic rings. The van der Waals surface area contributed by atoms with Crippen LogP contribution in [-0.2, 0) is 9.47 Å². The first-order valence-corrected chi connectivity index (χ1v) is 9.06. The number of nitrogens with zero attached hydrogens (tertiary/aromatic N) is 1. The summed E-state index contributed by atoms with van der Waals surface area (Å²) in [7, 11) is 1.73. The van der Waals surface area contributed by atoms with Gasteiger partial charge in [-0.2, -0.15) is 0 Å². The second-order valence-corrected chi connectivity index (χ2v) is 6.95. The summed E-state index contributed by atoms with van der Waals surface area (Å²) in [5.74, 6) is -0.0885. The van der Waals surface area contributed by atoms with Crippen LogP contribution in [0.3, 0.4) is 0 Å². The number of carbonyl (C=O) groups excluding carboxylic acids is 1. The maximum absolute atomic E-state index is 12.5. The lowest BCUT2D eigenvalue weighted by molar-refractivity contribution is 0.0566. The molecule has 6 heteroatoms. The van der Waals surface area contributed by atoms with Gasteiger partial charge in [-0.15, -0.1) is 11.3 Å². The van der Waals surface area contributed by atoms with Gasteiger partial charge in [0.05, 0.1) is 12.1 Å². The number of hydrogen-bond donors (Lipinski definition) is 1. The van der Waals surface area contributed by atoms with Gasteiger partial charge in [-0.05, 0) is 25.7 Å². The van der Waals surface area contributed by atoms with Gasteiger partial charge in [-0.1, -0.05) is 19.3 Å². The standard InChI is InChI=1S/C16H24N2O3S/c1-20-13-7-4-2-3-6-11(13)17-15(19)12-10-22-16(18-12)14-8-5-9-21-14/h10-11,13-14H,2-9H2,1H3,(H,17,19)/t11-,13+,14+/m1/s1. The van der Waals surface area contributed by atoms with Gasteiger partial charge in [-0.3, -0.25) is 4.79 Å². The minimum absolute atomic E-state index is 0.0798. The zero-order valence-electron chi connectivity index (χ0n) is 13.0. The van der Waals surface area contributed by atoms with E-state index in [-0.39, 0.29) is 24.2 Å². The Morgan fingerprint density at radius 1 is 1.32 bits per heavy atom. The molecule has 1 aliphatic carbocycles. The van der Waals surface area contributed by atoms with Gasteiger partial charge < -0.3 is 14.8 Å². The summed E-state index contributed by atoms with van der Waals surface area (Å²) < 4.78 is 11.2. The monoisotopic (exact) mass is 324 g/mol. The lowest BCUT2D eigenvalue weighted by Gasteiger charge is -2.24. The molecule has 0 spiro atoms. The van der Waals surface area contributed by atoms with Crippen LogP contribution in [-0.4, -0.2) is 36.8 Å². The second kappa shape index (κ2) is 7.53. The molecule has 3 atom stereocenters. The van der Waals surface area contributed by atoms with Gasteiger partial charge >= 0.3 is 0 Å². The van der Waals surface area contributed by atoms with Crippen molar-refractivity contribution in [3.63, 3.8) is 0 Å². The molecule has 1 amide bonds. The minimum Gasteiger partial charge on any atom is -0.379 e. The molecule has 3 rings (SSSR count). The zero-order valence-corrected chi connectivity index (χ0v) is 13.9. The molecule has 2 fully saturated rings. The SMILES string of the molecule is CO[C@H]1CCCCC[C@H]1NC(=O)c1csc([C@@H]2CCCO2)n1. The molecule has 2 heterocycles. The highest BCUT2D eigenvalue weighted by molar-refractivity contribution is 7.09. The number of rotatable bonds is 4. The molecule has 0 radical (unpaired) electrons. The fourth-order valence-electron chi connectivity index (χ4n) is 3.28. The number of hydrogen-bond acceptors (Lipinski definition) is 5. The van der Waals surface area contributed by atoms with Crippen molar-refractivity contribution in [2.24, 2.45) is 0 Å². The number of methoxy groups -OCH3 is 1. The van der Waals surface area contributed by atoms with Crippen LogP contribution in [0, 0.1) is 0 Å². The fraction of sp³-hybridized carbons (Fsp3) is 0.750. The first-order valence-electron chi connectivity index (χ1n) is 8.18. The maximum Gasteiger partial charge on any atom is 0.271 e. The molecular formula is C16H24N2O3S. The molecule has 5 nitrogen and oxygen atoms in total. The van der Waals surface area contributed by atoms with E-state index in [2.05, 4.69) is 10.3 Å². The topological polar surface area (TPSA) is 60.5 Å². The Morgan fingerprint density at radius 2 is 2.18 bits per heavy atom. The number of ether oxygens (including phenoxy) is 2. The van der Waals surface area contributed by atoms with Crippen LogP contribution in [0.2, 0.25) is 0 Å². The molecule has 2 aliphatic rings. The first kappa shape index (κ1) is 15.9. The number of carbonyl (C=O) groups is 1. The van der Waals surface area contributed by atoms with Crippen molar-refractivity contribution in [2.45, 2.75) is 63.2 Å². The predicted molar refractivity (Wildman–Crippen MR) is 85.2 cm³/mol. The van der Waals surface area contributed by atoms with Gasteiger partial charge in [0.15, 0.2) is 0 Å². The van der Waals surface area contributed by atoms with Gasteiger partial charge in [-0.25, -0.2) is 4.98 Å². The van der Waals surface area contributed by atoms with E-state index in [1.807, 2.05) is 5.38 Å². The third-order valence-electron chi connectivity index (χ3n) is 4.53. The van der Waals surface area contributed by atoms with Crippen LogP contribution in [0.25, 0.3) is 0 Å². The number of nitrogens with one attached hydrogen (secondary N) is 1. The average molecular weight is 324 g/mol. The molecule has 1 saturated heterocycles. The largest absolute Gasteiger partial charge is 0.379 e. The van der Waals surface area contributed by atoms with Crippen LogP contribution < -0.4 is 5.32 Å². The number of aromatic nitrogens is 1. The van der Waals surface area contributed by atoms with Crippen molar-refractivity contribution in [3.8, 4) is 0 Å². The van der Waals surface area contributed by atoms with Gasteiger partial charge in [0.1, 0.15) is 16.8 Å². The van der Waals surface area contributed by atoms with Crippen molar-refractivity contribution in [1.82, 2.24) is 10.3 Å². The lowest BCUT2D eigenvalue weighted by atomic mass is 10.1. The summed E-state index contributed by atoms with van der Waals surface area (Å²) in [5, 5.41) is 5.88. The highest BCUT2D eigenvalue weighted by Crippen LogP contribution is 2.30. The van der Waals surface area contributed by atoms with Crippen LogP contribution in [0.5, 0.6) is 0 Å². The second-order valence-electron chi connectivity index (χ2n) is 6.06. The summed E-state index contributed by atoms with van der Waals surface area (Å²) in [6.45, 7) is 0.795. The molecule has 1 N–H and O–H groups in total. The van der Waals surface area contributed by atoms with E-state index in [1.165, 1.54) is 24.2 Å². The molecule has 1 aromatic heterocycles. The van der Waals surface area contributed by atoms with E-state index in [0.717, 1.165) is 43.7 Å². The maximum atomic E-state index is 12.5. The summed E-state index contributed by atoms with van der Waals surface area (Å²) >= 11 is 1.52. The van der Waals surface area contributed by atoms with Crippen molar-refractivity contribution in [1.29, 1.82) is 0 Å². The van der Waals surface area contributed by atoms with Crippen molar-refractivity contribution in [3.05, 3.63) is 16.1 Å². The number of amides is 1. The Hall–Kier alpha value is -0.980. The van der Waals surface area contributed by atoms with E-state index in [1.54, 1.807) is 7.11 Å². The Balaban J connectivity index is 1.63. The third-order valence-corrected chi connectivity index (χ3v) is 5.47. The average Bonchev–Trinajstić information content (AvgIpc) is 3.16. The Bertz CT molecular complexity index is 499. The number of thiazole rings is 1. The fourth-order valence-corrected chi connectivity index (χ4v) is 4.16. The van der Waals surface area contributed by atoms with E-state index in [4.69, 9.17) is 9.47 Å². The van der Waals surface area contributed by atoms with E-state index >= 15 is 0 Å². The molecule has 22 heavy (non-hydrogen) atoms. The Kier molecular flexibility index (Phi) is 5.44. The molecule has 0 aromatic carbocycles. The molecule has 0 bridgehead atoms. The van der Waals surface area contributed by atoms with Gasteiger partial charge in [0.2, 0.25) is 0 Å². The summed E-state index contributed by atoms with van der Waals surface area (Å²) in [6, 6.07) is 0.0906. The lowest BCUT2D eigenvalue weighted by Crippen LogP contribution is -2.43. The van der Waals surface area contributed by atoms with Crippen LogP contribution in [0.15, 0.2) is 5.38 Å². The molecule has 1 aliphatic heterocycles. The summed E-state index contributed by atoms with van der Waals surface area (Å²) in [4.78, 5) is 16.9. The van der Waals surface area contributed by atoms with Crippen LogP contribution in [0.4, 0.5) is 0 Å². The van der Waals surface area contributed by atoms with Crippen molar-refractivity contribution < 1.29 is 14.3 Å². The van der Waals surface area contributed by atoms with Gasteiger partial charge in [0.25, 0.3) is 5.91 Å². The normalized spacial score (nSPS) is 29.2. The summed E-state index contributed by atoms with van der Waals surface area (Å²) in [6.07, 6.45) is 7.79. The molecule has 1 saturated carbocycles. The first-order chi connectivity index (χ1) is 10.8. The van der Waals surface area contributed by atoms with E-state index in [0.29, 0.717) is 5.69 Å². The van der Waals surface area contributed by atoms with Gasteiger partial charge in [0, 0.05) is 19.1 Å². The molecular weight excluding hydrogens is 300 g/mol.